The maximum atomic E-state index is 12.2. The Morgan fingerprint density at radius 2 is 1.95 bits per heavy atom. The first-order valence-corrected chi connectivity index (χ1v) is 6.46. The lowest BCUT2D eigenvalue weighted by molar-refractivity contribution is 0.208. The molecule has 2 rings (SSSR count). The number of aryl methyl sites for hydroxylation is 2. The molecule has 0 aliphatic carbocycles. The molecule has 0 aliphatic heterocycles. The molecule has 2 N–H and O–H groups in total. The third kappa shape index (κ3) is 2.11. The SMILES string of the molecule is CCn1c(NCC(C)O)nc2c1c(=O)n(C)c(=O)n2C. The molecule has 0 saturated carbocycles. The fourth-order valence-electron chi connectivity index (χ4n) is 2.13. The van der Waals surface area contributed by atoms with Crippen LogP contribution in [-0.2, 0) is 20.6 Å². The van der Waals surface area contributed by atoms with Crippen molar-refractivity contribution in [2.24, 2.45) is 14.1 Å². The second kappa shape index (κ2) is 5.12. The summed E-state index contributed by atoms with van der Waals surface area (Å²) in [4.78, 5) is 28.4. The molecule has 2 aromatic heterocycles. The normalized spacial score (nSPS) is 12.8. The van der Waals surface area contributed by atoms with Gasteiger partial charge in [0.05, 0.1) is 6.10 Å². The van der Waals surface area contributed by atoms with Gasteiger partial charge in [0, 0.05) is 27.2 Å². The molecule has 0 saturated heterocycles. The van der Waals surface area contributed by atoms with E-state index in [2.05, 4.69) is 10.3 Å². The van der Waals surface area contributed by atoms with Crippen LogP contribution in [-0.4, -0.2) is 36.4 Å². The molecule has 0 aliphatic rings. The molecule has 0 bridgehead atoms. The predicted molar refractivity (Wildman–Crippen MR) is 76.1 cm³/mol. The Bertz CT molecular complexity index is 753. The fraction of sp³-hybridized carbons (Fsp3) is 0.583. The lowest BCUT2D eigenvalue weighted by Crippen LogP contribution is -2.37. The molecule has 8 nitrogen and oxygen atoms in total. The van der Waals surface area contributed by atoms with Crippen LogP contribution < -0.4 is 16.6 Å². The van der Waals surface area contributed by atoms with Gasteiger partial charge in [-0.3, -0.25) is 13.9 Å². The van der Waals surface area contributed by atoms with Crippen molar-refractivity contribution in [2.75, 3.05) is 11.9 Å². The Morgan fingerprint density at radius 1 is 1.30 bits per heavy atom. The molecule has 2 heterocycles. The number of rotatable bonds is 4. The number of aromatic nitrogens is 4. The summed E-state index contributed by atoms with van der Waals surface area (Å²) in [6, 6.07) is 0. The topological polar surface area (TPSA) is 94.1 Å². The highest BCUT2D eigenvalue weighted by atomic mass is 16.3. The van der Waals surface area contributed by atoms with Crippen LogP contribution in [0.5, 0.6) is 0 Å². The minimum absolute atomic E-state index is 0.317. The van der Waals surface area contributed by atoms with Crippen molar-refractivity contribution >= 4 is 17.1 Å². The van der Waals surface area contributed by atoms with Crippen LogP contribution in [0.15, 0.2) is 9.59 Å². The second-order valence-corrected chi connectivity index (χ2v) is 4.79. The van der Waals surface area contributed by atoms with E-state index in [1.165, 1.54) is 11.6 Å². The van der Waals surface area contributed by atoms with Crippen molar-refractivity contribution in [2.45, 2.75) is 26.5 Å². The molecule has 2 aromatic rings. The number of nitrogens with one attached hydrogen (secondary N) is 1. The number of fused-ring (bicyclic) bond motifs is 1. The van der Waals surface area contributed by atoms with E-state index >= 15 is 0 Å². The van der Waals surface area contributed by atoms with E-state index in [-0.39, 0.29) is 5.56 Å². The van der Waals surface area contributed by atoms with Crippen molar-refractivity contribution in [3.05, 3.63) is 20.8 Å². The fourth-order valence-corrected chi connectivity index (χ4v) is 2.13. The van der Waals surface area contributed by atoms with Crippen molar-refractivity contribution < 1.29 is 5.11 Å². The zero-order chi connectivity index (χ0) is 15.0. The van der Waals surface area contributed by atoms with Crippen LogP contribution in [0.4, 0.5) is 5.95 Å². The van der Waals surface area contributed by atoms with Crippen LogP contribution in [0.2, 0.25) is 0 Å². The van der Waals surface area contributed by atoms with Crippen LogP contribution >= 0.6 is 0 Å². The smallest absolute Gasteiger partial charge is 0.332 e. The Kier molecular flexibility index (Phi) is 3.67. The number of aliphatic hydroxyl groups excluding tert-OH is 1. The lowest BCUT2D eigenvalue weighted by atomic mass is 10.4. The number of anilines is 1. The molecule has 20 heavy (non-hydrogen) atoms. The van der Waals surface area contributed by atoms with Gasteiger partial charge in [-0.15, -0.1) is 0 Å². The Balaban J connectivity index is 2.75. The number of aliphatic hydroxyl groups is 1. The molecule has 0 aromatic carbocycles. The van der Waals surface area contributed by atoms with Gasteiger partial charge < -0.3 is 15.0 Å². The van der Waals surface area contributed by atoms with Gasteiger partial charge in [-0.25, -0.2) is 4.79 Å². The van der Waals surface area contributed by atoms with Crippen LogP contribution in [0, 0.1) is 0 Å². The molecule has 1 unspecified atom stereocenters. The monoisotopic (exact) mass is 281 g/mol. The minimum Gasteiger partial charge on any atom is -0.392 e. The van der Waals surface area contributed by atoms with Gasteiger partial charge in [0.2, 0.25) is 5.95 Å². The summed E-state index contributed by atoms with van der Waals surface area (Å²) in [5.74, 6) is 0.474. The van der Waals surface area contributed by atoms with E-state index in [0.717, 1.165) is 4.57 Å². The Labute approximate surface area is 115 Å². The highest BCUT2D eigenvalue weighted by Gasteiger charge is 2.18. The number of hydrogen-bond donors (Lipinski definition) is 2. The van der Waals surface area contributed by atoms with Crippen LogP contribution in [0.1, 0.15) is 13.8 Å². The van der Waals surface area contributed by atoms with Crippen LogP contribution in [0.25, 0.3) is 11.2 Å². The minimum atomic E-state index is -0.535. The first-order valence-electron chi connectivity index (χ1n) is 6.46. The average Bonchev–Trinajstić information content (AvgIpc) is 2.79. The summed E-state index contributed by atoms with van der Waals surface area (Å²) >= 11 is 0. The maximum absolute atomic E-state index is 12.2. The molecule has 110 valence electrons. The molecular weight excluding hydrogens is 262 g/mol. The Morgan fingerprint density at radius 3 is 2.50 bits per heavy atom. The van der Waals surface area contributed by atoms with Gasteiger partial charge in [-0.05, 0) is 13.8 Å². The predicted octanol–water partition coefficient (Wildman–Crippen LogP) is -0.754. The van der Waals surface area contributed by atoms with Crippen molar-refractivity contribution in [1.82, 2.24) is 18.7 Å². The standard InChI is InChI=1S/C12H19N5O3/c1-5-17-8-9(14-11(17)13-6-7(2)18)15(3)12(20)16(4)10(8)19/h7,18H,5-6H2,1-4H3,(H,13,14). The Hall–Kier alpha value is -2.09. The molecule has 0 fully saturated rings. The van der Waals surface area contributed by atoms with Gasteiger partial charge in [-0.2, -0.15) is 4.98 Å². The first-order chi connectivity index (χ1) is 9.38. The molecule has 8 heteroatoms. The second-order valence-electron chi connectivity index (χ2n) is 4.79. The summed E-state index contributed by atoms with van der Waals surface area (Å²) in [6.45, 7) is 4.39. The molecule has 0 radical (unpaired) electrons. The van der Waals surface area contributed by atoms with Gasteiger partial charge in [0.1, 0.15) is 0 Å². The van der Waals surface area contributed by atoms with E-state index in [1.54, 1.807) is 18.5 Å². The quantitative estimate of drug-likeness (QED) is 0.769. The van der Waals surface area contributed by atoms with Gasteiger partial charge in [-0.1, -0.05) is 0 Å². The van der Waals surface area contributed by atoms with Crippen molar-refractivity contribution in [3.63, 3.8) is 0 Å². The molecule has 0 amide bonds. The highest BCUT2D eigenvalue weighted by Crippen LogP contribution is 2.15. The van der Waals surface area contributed by atoms with Crippen molar-refractivity contribution in [3.8, 4) is 0 Å². The van der Waals surface area contributed by atoms with Crippen molar-refractivity contribution in [1.29, 1.82) is 0 Å². The summed E-state index contributed by atoms with van der Waals surface area (Å²) in [5, 5.41) is 12.3. The van der Waals surface area contributed by atoms with E-state index in [0.29, 0.717) is 30.2 Å². The van der Waals surface area contributed by atoms with E-state index in [4.69, 9.17) is 0 Å². The summed E-state index contributed by atoms with van der Waals surface area (Å²) in [7, 11) is 3.02. The van der Waals surface area contributed by atoms with E-state index in [9.17, 15) is 14.7 Å². The summed E-state index contributed by atoms with van der Waals surface area (Å²) in [6.07, 6.45) is -0.535. The number of hydrogen-bond acceptors (Lipinski definition) is 5. The number of nitrogens with zero attached hydrogens (tertiary/aromatic N) is 4. The maximum Gasteiger partial charge on any atom is 0.332 e. The van der Waals surface area contributed by atoms with Gasteiger partial charge >= 0.3 is 5.69 Å². The lowest BCUT2D eigenvalue weighted by Gasteiger charge is -2.09. The molecular formula is C12H19N5O3. The summed E-state index contributed by atoms with van der Waals surface area (Å²) in [5.41, 5.74) is -0.0638. The summed E-state index contributed by atoms with van der Waals surface area (Å²) < 4.78 is 4.12. The zero-order valence-electron chi connectivity index (χ0n) is 12.0. The van der Waals surface area contributed by atoms with Gasteiger partial charge in [0.15, 0.2) is 11.2 Å². The van der Waals surface area contributed by atoms with E-state index < -0.39 is 11.8 Å². The third-order valence-electron chi connectivity index (χ3n) is 3.22. The average molecular weight is 281 g/mol. The largest absolute Gasteiger partial charge is 0.392 e. The van der Waals surface area contributed by atoms with Crippen LogP contribution in [0.3, 0.4) is 0 Å². The molecule has 1 atom stereocenters. The van der Waals surface area contributed by atoms with Gasteiger partial charge in [0.25, 0.3) is 5.56 Å². The van der Waals surface area contributed by atoms with E-state index in [1.807, 2.05) is 6.92 Å². The zero-order valence-corrected chi connectivity index (χ0v) is 12.0. The molecule has 0 spiro atoms. The highest BCUT2D eigenvalue weighted by molar-refractivity contribution is 5.74. The third-order valence-corrected chi connectivity index (χ3v) is 3.22. The first kappa shape index (κ1) is 14.3. The number of imidazole rings is 1.